The first-order valence-electron chi connectivity index (χ1n) is 8.20. The van der Waals surface area contributed by atoms with Gasteiger partial charge in [0.15, 0.2) is 0 Å². The van der Waals surface area contributed by atoms with E-state index in [0.717, 1.165) is 32.6 Å². The smallest absolute Gasteiger partial charge is 0.0376 e. The van der Waals surface area contributed by atoms with Gasteiger partial charge in [-0.05, 0) is 51.3 Å². The van der Waals surface area contributed by atoms with Gasteiger partial charge in [-0.15, -0.1) is 0 Å². The van der Waals surface area contributed by atoms with Crippen molar-refractivity contribution in [2.24, 2.45) is 5.73 Å². The molecule has 3 rings (SSSR count). The maximum Gasteiger partial charge on any atom is 0.0376 e. The fraction of sp³-hybridized carbons (Fsp3) is 0.667. The minimum atomic E-state index is 0.160. The van der Waals surface area contributed by atoms with Crippen LogP contribution in [0.2, 0.25) is 0 Å². The van der Waals surface area contributed by atoms with E-state index in [-0.39, 0.29) is 11.1 Å². The zero-order valence-electron chi connectivity index (χ0n) is 13.7. The summed E-state index contributed by atoms with van der Waals surface area (Å²) in [6.45, 7) is 8.85. The van der Waals surface area contributed by atoms with Gasteiger partial charge in [-0.1, -0.05) is 24.3 Å². The summed E-state index contributed by atoms with van der Waals surface area (Å²) < 4.78 is 0. The molecule has 1 aromatic rings. The Bertz CT molecular complexity index is 511. The molecule has 0 radical (unpaired) electrons. The van der Waals surface area contributed by atoms with Gasteiger partial charge in [-0.25, -0.2) is 0 Å². The van der Waals surface area contributed by atoms with E-state index in [1.807, 2.05) is 0 Å². The molecule has 1 saturated heterocycles. The first-order valence-corrected chi connectivity index (χ1v) is 8.20. The Morgan fingerprint density at radius 3 is 2.52 bits per heavy atom. The van der Waals surface area contributed by atoms with Gasteiger partial charge in [0.1, 0.15) is 0 Å². The maximum absolute atomic E-state index is 6.29. The van der Waals surface area contributed by atoms with Crippen molar-refractivity contribution in [1.82, 2.24) is 9.80 Å². The fourth-order valence-electron chi connectivity index (χ4n) is 4.00. The summed E-state index contributed by atoms with van der Waals surface area (Å²) in [5.74, 6) is 0. The summed E-state index contributed by atoms with van der Waals surface area (Å²) in [5, 5.41) is 0. The van der Waals surface area contributed by atoms with Crippen LogP contribution in [0.3, 0.4) is 0 Å². The van der Waals surface area contributed by atoms with Gasteiger partial charge < -0.3 is 5.73 Å². The largest absolute Gasteiger partial charge is 0.329 e. The predicted molar refractivity (Wildman–Crippen MR) is 88.5 cm³/mol. The molecule has 3 nitrogen and oxygen atoms in total. The summed E-state index contributed by atoms with van der Waals surface area (Å²) in [4.78, 5) is 5.16. The molecule has 1 aliphatic carbocycles. The van der Waals surface area contributed by atoms with E-state index >= 15 is 0 Å². The molecule has 2 N–H and O–H groups in total. The number of fused-ring (bicyclic) bond motifs is 1. The summed E-state index contributed by atoms with van der Waals surface area (Å²) in [5.41, 5.74) is 9.72. The number of nitrogens with zero attached hydrogens (tertiary/aromatic N) is 2. The molecule has 0 spiro atoms. The number of hydrogen-bond acceptors (Lipinski definition) is 3. The molecule has 1 atom stereocenters. The molecule has 1 fully saturated rings. The third-order valence-corrected chi connectivity index (χ3v) is 5.86. The van der Waals surface area contributed by atoms with Crippen molar-refractivity contribution in [2.45, 2.75) is 44.2 Å². The zero-order valence-corrected chi connectivity index (χ0v) is 13.7. The van der Waals surface area contributed by atoms with E-state index in [9.17, 15) is 0 Å². The second-order valence-electron chi connectivity index (χ2n) is 7.53. The van der Waals surface area contributed by atoms with Crippen molar-refractivity contribution in [1.29, 1.82) is 0 Å². The van der Waals surface area contributed by atoms with Gasteiger partial charge in [-0.2, -0.15) is 0 Å². The molecule has 0 aromatic heterocycles. The minimum Gasteiger partial charge on any atom is -0.329 e. The summed E-state index contributed by atoms with van der Waals surface area (Å²) >= 11 is 0. The highest BCUT2D eigenvalue weighted by Gasteiger charge is 2.43. The van der Waals surface area contributed by atoms with Gasteiger partial charge in [0.05, 0.1) is 0 Å². The van der Waals surface area contributed by atoms with Gasteiger partial charge in [-0.3, -0.25) is 9.80 Å². The highest BCUT2D eigenvalue weighted by Crippen LogP contribution is 2.35. The standard InChI is InChI=1S/C18H29N3/c1-17(2)14-21(11-10-20(17)3)18(13-19)9-8-15-6-4-5-7-16(15)12-18/h4-7H,8-14,19H2,1-3H3. The van der Waals surface area contributed by atoms with E-state index < -0.39 is 0 Å². The Balaban J connectivity index is 1.86. The van der Waals surface area contributed by atoms with Gasteiger partial charge in [0.2, 0.25) is 0 Å². The average molecular weight is 287 g/mol. The number of rotatable bonds is 2. The van der Waals surface area contributed by atoms with Crippen LogP contribution in [0.4, 0.5) is 0 Å². The van der Waals surface area contributed by atoms with Crippen molar-refractivity contribution in [3.8, 4) is 0 Å². The maximum atomic E-state index is 6.29. The number of aryl methyl sites for hydroxylation is 1. The van der Waals surface area contributed by atoms with E-state index in [0.29, 0.717) is 0 Å². The van der Waals surface area contributed by atoms with E-state index in [2.05, 4.69) is 55.0 Å². The molecule has 0 bridgehead atoms. The number of benzene rings is 1. The molecule has 1 aromatic carbocycles. The second kappa shape index (κ2) is 5.38. The normalized spacial score (nSPS) is 30.1. The molecule has 1 aliphatic heterocycles. The molecule has 2 aliphatic rings. The van der Waals surface area contributed by atoms with Gasteiger partial charge >= 0.3 is 0 Å². The van der Waals surface area contributed by atoms with Crippen molar-refractivity contribution in [2.75, 3.05) is 33.2 Å². The molecule has 1 unspecified atom stereocenters. The van der Waals surface area contributed by atoms with Crippen LogP contribution in [0.1, 0.15) is 31.4 Å². The van der Waals surface area contributed by atoms with Crippen LogP contribution in [-0.4, -0.2) is 54.1 Å². The Kier molecular flexibility index (Phi) is 3.85. The molecule has 1 heterocycles. The predicted octanol–water partition coefficient (Wildman–Crippen LogP) is 1.90. The van der Waals surface area contributed by atoms with Gasteiger partial charge in [0.25, 0.3) is 0 Å². The number of likely N-dealkylation sites (N-methyl/N-ethyl adjacent to an activating group) is 1. The van der Waals surface area contributed by atoms with Crippen molar-refractivity contribution < 1.29 is 0 Å². The SMILES string of the molecule is CN1CCN(C2(CN)CCc3ccccc3C2)CC1(C)C. The highest BCUT2D eigenvalue weighted by atomic mass is 15.3. The van der Waals surface area contributed by atoms with Crippen molar-refractivity contribution in [3.05, 3.63) is 35.4 Å². The third-order valence-electron chi connectivity index (χ3n) is 5.86. The summed E-state index contributed by atoms with van der Waals surface area (Å²) in [6.07, 6.45) is 3.47. The second-order valence-corrected chi connectivity index (χ2v) is 7.53. The van der Waals surface area contributed by atoms with E-state index in [1.165, 1.54) is 24.0 Å². The van der Waals surface area contributed by atoms with Crippen LogP contribution in [0.5, 0.6) is 0 Å². The molecular weight excluding hydrogens is 258 g/mol. The number of hydrogen-bond donors (Lipinski definition) is 1. The molecule has 0 amide bonds. The topological polar surface area (TPSA) is 32.5 Å². The lowest BCUT2D eigenvalue weighted by atomic mass is 9.75. The third kappa shape index (κ3) is 2.63. The lowest BCUT2D eigenvalue weighted by Crippen LogP contribution is -2.67. The molecule has 21 heavy (non-hydrogen) atoms. The average Bonchev–Trinajstić information content (AvgIpc) is 2.49. The summed E-state index contributed by atoms with van der Waals surface area (Å²) in [7, 11) is 2.24. The van der Waals surface area contributed by atoms with Crippen LogP contribution in [-0.2, 0) is 12.8 Å². The minimum absolute atomic E-state index is 0.160. The van der Waals surface area contributed by atoms with Crippen LogP contribution in [0, 0.1) is 0 Å². The Morgan fingerprint density at radius 2 is 1.86 bits per heavy atom. The monoisotopic (exact) mass is 287 g/mol. The number of piperazine rings is 1. The molecule has 116 valence electrons. The van der Waals surface area contributed by atoms with E-state index in [1.54, 1.807) is 0 Å². The quantitative estimate of drug-likeness (QED) is 0.902. The first-order chi connectivity index (χ1) is 9.97. The molecule has 3 heteroatoms. The van der Waals surface area contributed by atoms with Crippen molar-refractivity contribution >= 4 is 0 Å². The number of nitrogens with two attached hydrogens (primary N) is 1. The van der Waals surface area contributed by atoms with Gasteiger partial charge in [0, 0.05) is 37.3 Å². The van der Waals surface area contributed by atoms with Crippen molar-refractivity contribution in [3.63, 3.8) is 0 Å². The van der Waals surface area contributed by atoms with Crippen LogP contribution >= 0.6 is 0 Å². The van der Waals surface area contributed by atoms with Crippen LogP contribution < -0.4 is 5.73 Å². The van der Waals surface area contributed by atoms with Crippen LogP contribution in [0.15, 0.2) is 24.3 Å². The fourth-order valence-corrected chi connectivity index (χ4v) is 4.00. The van der Waals surface area contributed by atoms with Crippen LogP contribution in [0.25, 0.3) is 0 Å². The zero-order chi connectivity index (χ0) is 15.1. The highest BCUT2D eigenvalue weighted by molar-refractivity contribution is 5.32. The molecule has 0 saturated carbocycles. The Labute approximate surface area is 129 Å². The Hall–Kier alpha value is -0.900. The lowest BCUT2D eigenvalue weighted by molar-refractivity contribution is -0.0275. The Morgan fingerprint density at radius 1 is 1.14 bits per heavy atom. The molecular formula is C18H29N3. The lowest BCUT2D eigenvalue weighted by Gasteiger charge is -2.54. The first kappa shape index (κ1) is 15.0. The summed E-state index contributed by atoms with van der Waals surface area (Å²) in [6, 6.07) is 8.90. The van der Waals surface area contributed by atoms with E-state index in [4.69, 9.17) is 5.73 Å².